The van der Waals surface area contributed by atoms with Crippen LogP contribution < -0.4 is 0 Å². The van der Waals surface area contributed by atoms with Crippen LogP contribution in [0.2, 0.25) is 5.02 Å². The SMILES string of the molecule is Cn1ccc(-c2cnn(C3C(O)[C@@H](Sc4cncc(Cl)c4)OC4C(O)CO[C@@H]43)c2)n1. The van der Waals surface area contributed by atoms with Gasteiger partial charge in [0.05, 0.1) is 23.5 Å². The maximum Gasteiger partial charge on any atom is 0.136 e. The summed E-state index contributed by atoms with van der Waals surface area (Å²) in [6.07, 6.45) is 5.75. The number of fused-ring (bicyclic) bond motifs is 1. The molecule has 5 heterocycles. The minimum atomic E-state index is -0.947. The number of hydrogen-bond donors (Lipinski definition) is 2. The average molecular weight is 450 g/mol. The molecule has 2 fully saturated rings. The van der Waals surface area contributed by atoms with E-state index < -0.39 is 35.9 Å². The van der Waals surface area contributed by atoms with Gasteiger partial charge in [0, 0.05) is 42.3 Å². The van der Waals surface area contributed by atoms with Crippen molar-refractivity contribution in [2.45, 2.75) is 40.8 Å². The summed E-state index contributed by atoms with van der Waals surface area (Å²) in [5.74, 6) is 0. The summed E-state index contributed by atoms with van der Waals surface area (Å²) in [7, 11) is 1.85. The Labute approximate surface area is 181 Å². The van der Waals surface area contributed by atoms with Gasteiger partial charge >= 0.3 is 0 Å². The molecule has 5 rings (SSSR count). The lowest BCUT2D eigenvalue weighted by Gasteiger charge is -2.41. The monoisotopic (exact) mass is 449 g/mol. The van der Waals surface area contributed by atoms with Gasteiger partial charge in [-0.1, -0.05) is 23.4 Å². The number of pyridine rings is 1. The molecule has 0 aromatic carbocycles. The van der Waals surface area contributed by atoms with Crippen LogP contribution in [0.5, 0.6) is 0 Å². The zero-order valence-electron chi connectivity index (χ0n) is 15.9. The van der Waals surface area contributed by atoms with E-state index in [1.54, 1.807) is 34.0 Å². The van der Waals surface area contributed by atoms with E-state index in [1.165, 1.54) is 11.8 Å². The van der Waals surface area contributed by atoms with Gasteiger partial charge in [0.1, 0.15) is 35.9 Å². The number of halogens is 1. The van der Waals surface area contributed by atoms with Crippen LogP contribution in [0, 0.1) is 0 Å². The van der Waals surface area contributed by atoms with Crippen molar-refractivity contribution in [1.82, 2.24) is 24.5 Å². The van der Waals surface area contributed by atoms with Gasteiger partial charge in [-0.15, -0.1) is 0 Å². The van der Waals surface area contributed by atoms with Crippen molar-refractivity contribution in [3.05, 3.63) is 48.1 Å². The predicted octanol–water partition coefficient (Wildman–Crippen LogP) is 1.51. The first-order valence-electron chi connectivity index (χ1n) is 9.44. The second kappa shape index (κ2) is 7.95. The Morgan fingerprint density at radius 1 is 1.23 bits per heavy atom. The van der Waals surface area contributed by atoms with Crippen LogP contribution >= 0.6 is 23.4 Å². The molecule has 0 bridgehead atoms. The number of nitrogens with zero attached hydrogens (tertiary/aromatic N) is 5. The van der Waals surface area contributed by atoms with Gasteiger partial charge in [0.25, 0.3) is 0 Å². The zero-order valence-corrected chi connectivity index (χ0v) is 17.5. The first-order chi connectivity index (χ1) is 14.5. The number of rotatable bonds is 4. The average Bonchev–Trinajstić information content (AvgIpc) is 3.44. The molecule has 2 aliphatic heterocycles. The lowest BCUT2D eigenvalue weighted by Crippen LogP contribution is -2.54. The highest BCUT2D eigenvalue weighted by atomic mass is 35.5. The summed E-state index contributed by atoms with van der Waals surface area (Å²) < 4.78 is 15.2. The first-order valence-corrected chi connectivity index (χ1v) is 10.7. The molecule has 4 unspecified atom stereocenters. The molecule has 3 aromatic heterocycles. The summed E-state index contributed by atoms with van der Waals surface area (Å²) in [6, 6.07) is 3.11. The van der Waals surface area contributed by atoms with Gasteiger partial charge < -0.3 is 19.7 Å². The Kier molecular flexibility index (Phi) is 5.30. The Morgan fingerprint density at radius 2 is 2.10 bits per heavy atom. The van der Waals surface area contributed by atoms with Gasteiger partial charge in [-0.3, -0.25) is 14.3 Å². The minimum Gasteiger partial charge on any atom is -0.388 e. The van der Waals surface area contributed by atoms with E-state index in [0.29, 0.717) is 5.02 Å². The standard InChI is InChI=1S/C19H20ClN5O4S/c1-24-3-2-13(23-24)10-5-22-25(8-10)15-16(27)19(29-17-14(26)9-28-18(15)17)30-12-4-11(20)6-21-7-12/h2-8,14-19,26-27H,9H2,1H3/t14?,15?,16?,17?,18-,19-/m1/s1. The summed E-state index contributed by atoms with van der Waals surface area (Å²) in [5.41, 5.74) is 0.952. The number of ether oxygens (including phenoxy) is 2. The van der Waals surface area contributed by atoms with Crippen LogP contribution in [0.4, 0.5) is 0 Å². The smallest absolute Gasteiger partial charge is 0.136 e. The Hall–Kier alpha value is -1.95. The number of aliphatic hydroxyl groups excluding tert-OH is 2. The van der Waals surface area contributed by atoms with Crippen molar-refractivity contribution in [3.8, 4) is 11.3 Å². The molecule has 11 heteroatoms. The summed E-state index contributed by atoms with van der Waals surface area (Å²) >= 11 is 7.34. The molecule has 0 amide bonds. The lowest BCUT2D eigenvalue weighted by atomic mass is 9.96. The molecule has 158 valence electrons. The maximum atomic E-state index is 11.2. The minimum absolute atomic E-state index is 0.142. The number of hydrogen-bond acceptors (Lipinski definition) is 8. The maximum absolute atomic E-state index is 11.2. The quantitative estimate of drug-likeness (QED) is 0.617. The molecule has 0 aliphatic carbocycles. The second-order valence-corrected chi connectivity index (χ2v) is 8.96. The topological polar surface area (TPSA) is 107 Å². The van der Waals surface area contributed by atoms with Crippen LogP contribution in [0.25, 0.3) is 11.3 Å². The fourth-order valence-electron chi connectivity index (χ4n) is 3.87. The van der Waals surface area contributed by atoms with Crippen LogP contribution in [0.15, 0.2) is 48.0 Å². The molecular formula is C19H20ClN5O4S. The third-order valence-electron chi connectivity index (χ3n) is 5.27. The number of aryl methyl sites for hydroxylation is 1. The molecule has 2 aliphatic rings. The number of aromatic nitrogens is 5. The van der Waals surface area contributed by atoms with Crippen LogP contribution in [0.3, 0.4) is 0 Å². The first kappa shape index (κ1) is 20.0. The molecule has 30 heavy (non-hydrogen) atoms. The normalized spacial score (nSPS) is 31.1. The highest BCUT2D eigenvalue weighted by Gasteiger charge is 2.53. The third-order valence-corrected chi connectivity index (χ3v) is 6.59. The Bertz CT molecular complexity index is 1050. The van der Waals surface area contributed by atoms with E-state index in [9.17, 15) is 10.2 Å². The van der Waals surface area contributed by atoms with Crippen LogP contribution in [-0.2, 0) is 16.5 Å². The van der Waals surface area contributed by atoms with E-state index in [0.717, 1.165) is 16.2 Å². The van der Waals surface area contributed by atoms with E-state index in [4.69, 9.17) is 21.1 Å². The van der Waals surface area contributed by atoms with Crippen LogP contribution in [-0.4, -0.2) is 71.2 Å². The van der Waals surface area contributed by atoms with Gasteiger partial charge in [-0.25, -0.2) is 0 Å². The van der Waals surface area contributed by atoms with Crippen molar-refractivity contribution in [2.24, 2.45) is 7.05 Å². The largest absolute Gasteiger partial charge is 0.388 e. The van der Waals surface area contributed by atoms with Crippen molar-refractivity contribution in [2.75, 3.05) is 6.61 Å². The van der Waals surface area contributed by atoms with Gasteiger partial charge in [0.2, 0.25) is 0 Å². The molecule has 0 spiro atoms. The highest BCUT2D eigenvalue weighted by molar-refractivity contribution is 7.99. The van der Waals surface area contributed by atoms with Crippen molar-refractivity contribution in [1.29, 1.82) is 0 Å². The molecule has 2 saturated heterocycles. The lowest BCUT2D eigenvalue weighted by molar-refractivity contribution is -0.161. The predicted molar refractivity (Wildman–Crippen MR) is 109 cm³/mol. The van der Waals surface area contributed by atoms with E-state index >= 15 is 0 Å². The summed E-state index contributed by atoms with van der Waals surface area (Å²) in [5, 5.41) is 30.9. The van der Waals surface area contributed by atoms with Gasteiger partial charge in [-0.2, -0.15) is 10.2 Å². The Morgan fingerprint density at radius 3 is 2.87 bits per heavy atom. The van der Waals surface area contributed by atoms with Gasteiger partial charge in [-0.05, 0) is 12.1 Å². The zero-order chi connectivity index (χ0) is 20.8. The summed E-state index contributed by atoms with van der Waals surface area (Å²) in [6.45, 7) is 0.142. The number of aliphatic hydroxyl groups is 2. The molecule has 2 N–H and O–H groups in total. The van der Waals surface area contributed by atoms with Crippen molar-refractivity contribution >= 4 is 23.4 Å². The van der Waals surface area contributed by atoms with Crippen molar-refractivity contribution in [3.63, 3.8) is 0 Å². The number of thioether (sulfide) groups is 1. The molecule has 9 nitrogen and oxygen atoms in total. The fourth-order valence-corrected chi connectivity index (χ4v) is 5.18. The third kappa shape index (κ3) is 3.64. The van der Waals surface area contributed by atoms with E-state index in [2.05, 4.69) is 15.2 Å². The fraction of sp³-hybridized carbons (Fsp3) is 0.421. The molecular weight excluding hydrogens is 430 g/mol. The van der Waals surface area contributed by atoms with Gasteiger partial charge in [0.15, 0.2) is 0 Å². The Balaban J connectivity index is 1.45. The molecule has 3 aromatic rings. The molecule has 6 atom stereocenters. The molecule has 0 radical (unpaired) electrons. The molecule has 0 saturated carbocycles. The second-order valence-electron chi connectivity index (χ2n) is 7.36. The van der Waals surface area contributed by atoms with E-state index in [-0.39, 0.29) is 6.61 Å². The van der Waals surface area contributed by atoms with E-state index in [1.807, 2.05) is 25.5 Å². The summed E-state index contributed by atoms with van der Waals surface area (Å²) in [4.78, 5) is 4.84. The van der Waals surface area contributed by atoms with Crippen LogP contribution in [0.1, 0.15) is 6.04 Å². The van der Waals surface area contributed by atoms with Crippen molar-refractivity contribution < 1.29 is 19.7 Å². The highest BCUT2D eigenvalue weighted by Crippen LogP contribution is 2.42.